The van der Waals surface area contributed by atoms with Crippen LogP contribution < -0.4 is 0 Å². The van der Waals surface area contributed by atoms with Gasteiger partial charge in [-0.1, -0.05) is 64.7 Å². The summed E-state index contributed by atoms with van der Waals surface area (Å²) in [5.41, 5.74) is 1.27. The summed E-state index contributed by atoms with van der Waals surface area (Å²) in [7, 11) is 0. The first-order valence-corrected chi connectivity index (χ1v) is 9.72. The molecule has 0 amide bonds. The Morgan fingerprint density at radius 1 is 1.24 bits per heavy atom. The lowest BCUT2D eigenvalue weighted by Gasteiger charge is -2.24. The summed E-state index contributed by atoms with van der Waals surface area (Å²) >= 11 is 0. The van der Waals surface area contributed by atoms with Crippen LogP contribution in [-0.2, 0) is 4.79 Å². The summed E-state index contributed by atoms with van der Waals surface area (Å²) in [6.07, 6.45) is 6.35. The number of carbonyl (C=O) groups is 1. The van der Waals surface area contributed by atoms with Crippen molar-refractivity contribution < 1.29 is 9.18 Å². The zero-order valence-electron chi connectivity index (χ0n) is 15.8. The molecule has 0 radical (unpaired) electrons. The molecule has 138 valence electrons. The van der Waals surface area contributed by atoms with Crippen LogP contribution in [0.3, 0.4) is 0 Å². The van der Waals surface area contributed by atoms with Crippen molar-refractivity contribution in [2.24, 2.45) is 11.0 Å². The molecule has 4 heteroatoms. The van der Waals surface area contributed by atoms with Gasteiger partial charge in [0, 0.05) is 24.9 Å². The van der Waals surface area contributed by atoms with Crippen LogP contribution in [-0.4, -0.2) is 23.0 Å². The van der Waals surface area contributed by atoms with Crippen molar-refractivity contribution in [2.75, 3.05) is 6.54 Å². The largest absolute Gasteiger partial charge is 0.293 e. The first-order valence-electron chi connectivity index (χ1n) is 9.72. The number of carbonyl (C=O) groups excluding carboxylic acids is 1. The normalized spacial score (nSPS) is 17.2. The number of hydrazone groups is 1. The van der Waals surface area contributed by atoms with Gasteiger partial charge in [-0.15, -0.1) is 0 Å². The molecule has 1 aliphatic rings. The van der Waals surface area contributed by atoms with Gasteiger partial charge in [0.1, 0.15) is 11.5 Å². The Morgan fingerprint density at radius 2 is 1.96 bits per heavy atom. The molecule has 1 aliphatic heterocycles. The first-order chi connectivity index (χ1) is 12.1. The van der Waals surface area contributed by atoms with Gasteiger partial charge in [-0.3, -0.25) is 9.80 Å². The van der Waals surface area contributed by atoms with Crippen molar-refractivity contribution in [3.05, 3.63) is 35.6 Å². The minimum absolute atomic E-state index is 0.132. The Morgan fingerprint density at radius 3 is 2.60 bits per heavy atom. The van der Waals surface area contributed by atoms with Crippen LogP contribution in [0.5, 0.6) is 0 Å². The molecule has 3 nitrogen and oxygen atoms in total. The lowest BCUT2D eigenvalue weighted by molar-refractivity contribution is -0.114. The molecule has 1 aromatic carbocycles. The zero-order valence-corrected chi connectivity index (χ0v) is 15.8. The summed E-state index contributed by atoms with van der Waals surface area (Å²) < 4.78 is 14.3. The maximum atomic E-state index is 14.3. The number of nitrogens with zero attached hydrogens (tertiary/aromatic N) is 2. The molecular formula is C21H31FN2O. The van der Waals surface area contributed by atoms with Gasteiger partial charge in [-0.05, 0) is 18.4 Å². The van der Waals surface area contributed by atoms with E-state index in [0.29, 0.717) is 30.0 Å². The molecule has 0 aromatic heterocycles. The summed E-state index contributed by atoms with van der Waals surface area (Å²) in [6.45, 7) is 7.18. The number of unbranched alkanes of at least 4 members (excludes halogenated alkanes) is 2. The second-order valence-electron chi connectivity index (χ2n) is 6.97. The minimum atomic E-state index is -0.211. The number of hydrogen-bond donors (Lipinski definition) is 0. The van der Waals surface area contributed by atoms with Gasteiger partial charge in [-0.25, -0.2) is 4.39 Å². The standard InChI is InChI=1S/C21H31FN2O/c1-4-7-10-13-24-20(17-11-8-9-12-18(17)22)15-19(23-24)21(25)14-16(5-2)6-3/h8-9,11-12,16,20H,4-7,10,13-15H2,1-3H3. The molecule has 0 saturated carbocycles. The van der Waals surface area contributed by atoms with E-state index in [0.717, 1.165) is 38.6 Å². The number of rotatable bonds is 10. The van der Waals surface area contributed by atoms with Gasteiger partial charge in [0.2, 0.25) is 0 Å². The van der Waals surface area contributed by atoms with Crippen LogP contribution in [0.2, 0.25) is 0 Å². The van der Waals surface area contributed by atoms with Crippen molar-refractivity contribution >= 4 is 11.5 Å². The highest BCUT2D eigenvalue weighted by atomic mass is 19.1. The Bertz CT molecular complexity index is 595. The maximum absolute atomic E-state index is 14.3. The van der Waals surface area contributed by atoms with Gasteiger partial charge in [-0.2, -0.15) is 5.10 Å². The van der Waals surface area contributed by atoms with Gasteiger partial charge in [0.15, 0.2) is 5.78 Å². The molecule has 0 saturated heterocycles. The van der Waals surface area contributed by atoms with Crippen LogP contribution in [0, 0.1) is 11.7 Å². The lowest BCUT2D eigenvalue weighted by atomic mass is 9.92. The summed E-state index contributed by atoms with van der Waals surface area (Å²) in [6, 6.07) is 6.71. The van der Waals surface area contributed by atoms with E-state index in [-0.39, 0.29) is 17.6 Å². The van der Waals surface area contributed by atoms with E-state index in [1.807, 2.05) is 17.1 Å². The zero-order chi connectivity index (χ0) is 18.2. The fraction of sp³-hybridized carbons (Fsp3) is 0.619. The fourth-order valence-corrected chi connectivity index (χ4v) is 3.43. The SMILES string of the molecule is CCCCCN1N=C(C(=O)CC(CC)CC)CC1c1ccccc1F. The molecule has 0 spiro atoms. The van der Waals surface area contributed by atoms with Gasteiger partial charge in [0.05, 0.1) is 6.04 Å². The van der Waals surface area contributed by atoms with E-state index in [1.54, 1.807) is 6.07 Å². The Labute approximate surface area is 151 Å². The van der Waals surface area contributed by atoms with Crippen LogP contribution >= 0.6 is 0 Å². The predicted octanol–water partition coefficient (Wildman–Crippen LogP) is 5.51. The van der Waals surface area contributed by atoms with Crippen LogP contribution in [0.4, 0.5) is 4.39 Å². The quantitative estimate of drug-likeness (QED) is 0.523. The summed E-state index contributed by atoms with van der Waals surface area (Å²) in [4.78, 5) is 12.7. The van der Waals surface area contributed by atoms with Crippen LogP contribution in [0.1, 0.15) is 77.3 Å². The third-order valence-corrected chi connectivity index (χ3v) is 5.20. The fourth-order valence-electron chi connectivity index (χ4n) is 3.43. The first kappa shape index (κ1) is 19.6. The molecule has 1 aromatic rings. The van der Waals surface area contributed by atoms with Gasteiger partial charge >= 0.3 is 0 Å². The third-order valence-electron chi connectivity index (χ3n) is 5.20. The van der Waals surface area contributed by atoms with E-state index < -0.39 is 0 Å². The van der Waals surface area contributed by atoms with E-state index >= 15 is 0 Å². The third kappa shape index (κ3) is 5.13. The topological polar surface area (TPSA) is 32.7 Å². The molecular weight excluding hydrogens is 315 g/mol. The molecule has 1 unspecified atom stereocenters. The van der Waals surface area contributed by atoms with Crippen molar-refractivity contribution in [1.82, 2.24) is 5.01 Å². The Hall–Kier alpha value is -1.71. The number of halogens is 1. The average molecular weight is 346 g/mol. The highest BCUT2D eigenvalue weighted by molar-refractivity contribution is 6.40. The molecule has 1 heterocycles. The Balaban J connectivity index is 2.15. The maximum Gasteiger partial charge on any atom is 0.179 e. The molecule has 1 atom stereocenters. The Kier molecular flexibility index (Phi) is 7.60. The lowest BCUT2D eigenvalue weighted by Crippen LogP contribution is -2.21. The van der Waals surface area contributed by atoms with Crippen molar-refractivity contribution in [3.8, 4) is 0 Å². The van der Waals surface area contributed by atoms with Gasteiger partial charge < -0.3 is 0 Å². The molecule has 0 N–H and O–H groups in total. The highest BCUT2D eigenvalue weighted by Crippen LogP contribution is 2.33. The number of hydrogen-bond acceptors (Lipinski definition) is 3. The monoisotopic (exact) mass is 346 g/mol. The van der Waals surface area contributed by atoms with Crippen molar-refractivity contribution in [2.45, 2.75) is 71.8 Å². The van der Waals surface area contributed by atoms with E-state index in [2.05, 4.69) is 25.9 Å². The van der Waals surface area contributed by atoms with Crippen LogP contribution in [0.15, 0.2) is 29.4 Å². The predicted molar refractivity (Wildman–Crippen MR) is 101 cm³/mol. The molecule has 2 rings (SSSR count). The molecule has 0 bridgehead atoms. The number of ketones is 1. The van der Waals surface area contributed by atoms with Crippen molar-refractivity contribution in [1.29, 1.82) is 0 Å². The smallest absolute Gasteiger partial charge is 0.179 e. The summed E-state index contributed by atoms with van der Waals surface area (Å²) in [5.74, 6) is 0.334. The summed E-state index contributed by atoms with van der Waals surface area (Å²) in [5, 5.41) is 6.55. The van der Waals surface area contributed by atoms with E-state index in [1.165, 1.54) is 6.07 Å². The molecule has 0 fully saturated rings. The van der Waals surface area contributed by atoms with E-state index in [9.17, 15) is 9.18 Å². The average Bonchev–Trinajstić information content (AvgIpc) is 3.04. The molecule has 0 aliphatic carbocycles. The molecule has 25 heavy (non-hydrogen) atoms. The number of benzene rings is 1. The second kappa shape index (κ2) is 9.69. The van der Waals surface area contributed by atoms with Gasteiger partial charge in [0.25, 0.3) is 0 Å². The second-order valence-corrected chi connectivity index (χ2v) is 6.97. The van der Waals surface area contributed by atoms with Crippen LogP contribution in [0.25, 0.3) is 0 Å². The number of Topliss-reactive ketones (excluding diaryl/α,β-unsaturated/α-hetero) is 1. The van der Waals surface area contributed by atoms with E-state index in [4.69, 9.17) is 0 Å². The highest BCUT2D eigenvalue weighted by Gasteiger charge is 2.32. The minimum Gasteiger partial charge on any atom is -0.293 e. The van der Waals surface area contributed by atoms with Crippen molar-refractivity contribution in [3.63, 3.8) is 0 Å².